The molecule has 0 spiro atoms. The van der Waals surface area contributed by atoms with E-state index in [0.29, 0.717) is 16.1 Å². The lowest BCUT2D eigenvalue weighted by molar-refractivity contribution is -0.384. The first-order valence-corrected chi connectivity index (χ1v) is 5.87. The highest BCUT2D eigenvalue weighted by atomic mass is 79.9. The smallest absolute Gasteiger partial charge is 0.273 e. The van der Waals surface area contributed by atoms with Crippen LogP contribution in [0.25, 0.3) is 0 Å². The fraction of sp³-hybridized carbons (Fsp3) is 0.0909. The third-order valence-electron chi connectivity index (χ3n) is 2.20. The molecule has 0 aliphatic rings. The molecule has 7 nitrogen and oxygen atoms in total. The molecule has 1 aromatic carbocycles. The summed E-state index contributed by atoms with van der Waals surface area (Å²) in [4.78, 5) is 17.9. The molecule has 2 aromatic rings. The monoisotopic (exact) mass is 325 g/mol. The van der Waals surface area contributed by atoms with Crippen molar-refractivity contribution in [1.82, 2.24) is 9.97 Å². The van der Waals surface area contributed by atoms with Gasteiger partial charge in [-0.1, -0.05) is 0 Å². The van der Waals surface area contributed by atoms with E-state index in [1.165, 1.54) is 37.8 Å². The first-order valence-electron chi connectivity index (χ1n) is 5.07. The van der Waals surface area contributed by atoms with Crippen LogP contribution in [0.1, 0.15) is 0 Å². The Hall–Kier alpha value is -2.22. The zero-order chi connectivity index (χ0) is 13.8. The van der Waals surface area contributed by atoms with Gasteiger partial charge in [-0.2, -0.15) is 0 Å². The molecule has 0 bridgehead atoms. The van der Waals surface area contributed by atoms with Gasteiger partial charge in [0.1, 0.15) is 6.33 Å². The summed E-state index contributed by atoms with van der Waals surface area (Å²) in [5.74, 6) is 0.870. The zero-order valence-corrected chi connectivity index (χ0v) is 11.3. The maximum absolute atomic E-state index is 10.7. The van der Waals surface area contributed by atoms with Gasteiger partial charge in [0.15, 0.2) is 11.5 Å². The SMILES string of the molecule is COc1cc([N+](=O)[O-])ccc1Oc1ncncc1Br. The minimum atomic E-state index is -0.507. The van der Waals surface area contributed by atoms with Gasteiger partial charge in [0, 0.05) is 12.3 Å². The van der Waals surface area contributed by atoms with E-state index in [-0.39, 0.29) is 11.4 Å². The van der Waals surface area contributed by atoms with Crippen LogP contribution >= 0.6 is 15.9 Å². The van der Waals surface area contributed by atoms with Crippen LogP contribution in [-0.2, 0) is 0 Å². The molecule has 0 unspecified atom stereocenters. The molecule has 8 heteroatoms. The quantitative estimate of drug-likeness (QED) is 0.634. The van der Waals surface area contributed by atoms with Crippen molar-refractivity contribution >= 4 is 21.6 Å². The van der Waals surface area contributed by atoms with Gasteiger partial charge in [0.2, 0.25) is 5.88 Å². The number of aromatic nitrogens is 2. The van der Waals surface area contributed by atoms with Crippen LogP contribution in [-0.4, -0.2) is 22.0 Å². The lowest BCUT2D eigenvalue weighted by Crippen LogP contribution is -1.95. The molecule has 0 aliphatic heterocycles. The van der Waals surface area contributed by atoms with E-state index in [4.69, 9.17) is 9.47 Å². The standard InChI is InChI=1S/C11H8BrN3O4/c1-18-10-4-7(15(16)17)2-3-9(10)19-11-8(12)5-13-6-14-11/h2-6H,1H3. The highest BCUT2D eigenvalue weighted by molar-refractivity contribution is 9.10. The van der Waals surface area contributed by atoms with Crippen LogP contribution < -0.4 is 9.47 Å². The average Bonchev–Trinajstić information content (AvgIpc) is 2.41. The fourth-order valence-electron chi connectivity index (χ4n) is 1.33. The van der Waals surface area contributed by atoms with E-state index in [1.807, 2.05) is 0 Å². The van der Waals surface area contributed by atoms with Crippen molar-refractivity contribution in [3.8, 4) is 17.4 Å². The van der Waals surface area contributed by atoms with E-state index in [1.54, 1.807) is 0 Å². The first-order chi connectivity index (χ1) is 9.11. The lowest BCUT2D eigenvalue weighted by Gasteiger charge is -2.09. The predicted octanol–water partition coefficient (Wildman–Crippen LogP) is 2.95. The number of nitrogens with zero attached hydrogens (tertiary/aromatic N) is 3. The van der Waals surface area contributed by atoms with Crippen LogP contribution in [0.3, 0.4) is 0 Å². The van der Waals surface area contributed by atoms with Crippen molar-refractivity contribution in [3.05, 3.63) is 45.3 Å². The van der Waals surface area contributed by atoms with Crippen LogP contribution in [0.2, 0.25) is 0 Å². The van der Waals surface area contributed by atoms with E-state index >= 15 is 0 Å². The van der Waals surface area contributed by atoms with Gasteiger partial charge in [-0.3, -0.25) is 10.1 Å². The zero-order valence-electron chi connectivity index (χ0n) is 9.74. The minimum absolute atomic E-state index is 0.0778. The number of halogens is 1. The second-order valence-corrected chi connectivity index (χ2v) is 4.22. The number of methoxy groups -OCH3 is 1. The molecular weight excluding hydrogens is 318 g/mol. The molecule has 0 aliphatic carbocycles. The molecule has 0 fully saturated rings. The van der Waals surface area contributed by atoms with Crippen molar-refractivity contribution < 1.29 is 14.4 Å². The van der Waals surface area contributed by atoms with Gasteiger partial charge in [-0.15, -0.1) is 0 Å². The summed E-state index contributed by atoms with van der Waals surface area (Å²) in [6, 6.07) is 4.06. The van der Waals surface area contributed by atoms with Gasteiger partial charge < -0.3 is 9.47 Å². The summed E-state index contributed by atoms with van der Waals surface area (Å²) >= 11 is 3.24. The fourth-order valence-corrected chi connectivity index (χ4v) is 1.64. The Kier molecular flexibility index (Phi) is 3.91. The number of non-ortho nitro benzene ring substituents is 1. The molecule has 0 saturated carbocycles. The van der Waals surface area contributed by atoms with Gasteiger partial charge in [-0.25, -0.2) is 9.97 Å². The molecule has 0 amide bonds. The molecule has 0 atom stereocenters. The summed E-state index contributed by atoms with van der Waals surface area (Å²) in [7, 11) is 1.40. The summed E-state index contributed by atoms with van der Waals surface area (Å²) in [6.45, 7) is 0. The number of benzene rings is 1. The Bertz CT molecular complexity index is 621. The molecule has 98 valence electrons. The van der Waals surface area contributed by atoms with Crippen LogP contribution in [0.4, 0.5) is 5.69 Å². The van der Waals surface area contributed by atoms with Crippen molar-refractivity contribution in [2.75, 3.05) is 7.11 Å². The lowest BCUT2D eigenvalue weighted by atomic mass is 10.3. The van der Waals surface area contributed by atoms with E-state index in [9.17, 15) is 10.1 Å². The van der Waals surface area contributed by atoms with Crippen molar-refractivity contribution in [3.63, 3.8) is 0 Å². The van der Waals surface area contributed by atoms with Crippen LogP contribution in [0.5, 0.6) is 17.4 Å². The summed E-state index contributed by atoms with van der Waals surface area (Å²) in [5.41, 5.74) is -0.0778. The number of hydrogen-bond acceptors (Lipinski definition) is 6. The Morgan fingerprint density at radius 1 is 1.37 bits per heavy atom. The average molecular weight is 326 g/mol. The van der Waals surface area contributed by atoms with Crippen molar-refractivity contribution in [2.24, 2.45) is 0 Å². The van der Waals surface area contributed by atoms with Gasteiger partial charge >= 0.3 is 0 Å². The third kappa shape index (κ3) is 2.97. The normalized spacial score (nSPS) is 10.0. The van der Waals surface area contributed by atoms with E-state index in [0.717, 1.165) is 0 Å². The van der Waals surface area contributed by atoms with Gasteiger partial charge in [0.05, 0.1) is 22.6 Å². The highest BCUT2D eigenvalue weighted by Crippen LogP contribution is 2.35. The van der Waals surface area contributed by atoms with Gasteiger partial charge in [-0.05, 0) is 22.0 Å². The molecule has 2 rings (SSSR count). The summed E-state index contributed by atoms with van der Waals surface area (Å²) in [6.07, 6.45) is 2.86. The first kappa shape index (κ1) is 13.2. The number of hydrogen-bond donors (Lipinski definition) is 0. The third-order valence-corrected chi connectivity index (χ3v) is 2.74. The molecule has 0 saturated heterocycles. The number of nitro groups is 1. The van der Waals surface area contributed by atoms with E-state index in [2.05, 4.69) is 25.9 Å². The molecule has 1 heterocycles. The Morgan fingerprint density at radius 2 is 2.16 bits per heavy atom. The predicted molar refractivity (Wildman–Crippen MR) is 69.5 cm³/mol. The number of rotatable bonds is 4. The Labute approximate surface area is 116 Å². The number of nitro benzene ring substituents is 1. The molecule has 19 heavy (non-hydrogen) atoms. The second-order valence-electron chi connectivity index (χ2n) is 3.37. The molecule has 1 aromatic heterocycles. The topological polar surface area (TPSA) is 87.4 Å². The summed E-state index contributed by atoms with van der Waals surface area (Å²) in [5, 5.41) is 10.7. The minimum Gasteiger partial charge on any atom is -0.493 e. The Balaban J connectivity index is 2.35. The maximum Gasteiger partial charge on any atom is 0.273 e. The van der Waals surface area contributed by atoms with Crippen LogP contribution in [0.15, 0.2) is 35.2 Å². The molecular formula is C11H8BrN3O4. The molecule has 0 N–H and O–H groups in total. The summed E-state index contributed by atoms with van der Waals surface area (Å²) < 4.78 is 11.1. The highest BCUT2D eigenvalue weighted by Gasteiger charge is 2.14. The second kappa shape index (κ2) is 5.61. The maximum atomic E-state index is 10.7. The van der Waals surface area contributed by atoms with Crippen molar-refractivity contribution in [2.45, 2.75) is 0 Å². The van der Waals surface area contributed by atoms with Crippen LogP contribution in [0, 0.1) is 10.1 Å². The van der Waals surface area contributed by atoms with Gasteiger partial charge in [0.25, 0.3) is 5.69 Å². The van der Waals surface area contributed by atoms with Crippen molar-refractivity contribution in [1.29, 1.82) is 0 Å². The van der Waals surface area contributed by atoms with E-state index < -0.39 is 4.92 Å². The Morgan fingerprint density at radius 3 is 2.79 bits per heavy atom. The largest absolute Gasteiger partial charge is 0.493 e. The number of ether oxygens (including phenoxy) is 2. The molecule has 0 radical (unpaired) electrons.